The standard InChI is InChI=1S/C13H24N2O/c1-4-6-7-8-12(5-2)16-13-9-11(3)10-14-15-13/h9-10,12,14-15H,4-8H2,1-3H3. The molecule has 0 amide bonds. The summed E-state index contributed by atoms with van der Waals surface area (Å²) in [6.07, 6.45) is 10.3. The second kappa shape index (κ2) is 7.20. The lowest BCUT2D eigenvalue weighted by Crippen LogP contribution is -2.32. The van der Waals surface area contributed by atoms with Gasteiger partial charge in [0, 0.05) is 12.3 Å². The van der Waals surface area contributed by atoms with Gasteiger partial charge in [-0.2, -0.15) is 0 Å². The highest BCUT2D eigenvalue weighted by molar-refractivity contribution is 5.20. The summed E-state index contributed by atoms with van der Waals surface area (Å²) in [5.74, 6) is 0.836. The van der Waals surface area contributed by atoms with Crippen LogP contribution in [-0.4, -0.2) is 6.10 Å². The monoisotopic (exact) mass is 224 g/mol. The highest BCUT2D eigenvalue weighted by Crippen LogP contribution is 2.14. The molecule has 1 aliphatic heterocycles. The van der Waals surface area contributed by atoms with Crippen LogP contribution in [-0.2, 0) is 4.74 Å². The Hall–Kier alpha value is -1.12. The van der Waals surface area contributed by atoms with Crippen molar-refractivity contribution in [1.82, 2.24) is 10.9 Å². The summed E-state index contributed by atoms with van der Waals surface area (Å²) in [6.45, 7) is 6.45. The van der Waals surface area contributed by atoms with Crippen molar-refractivity contribution in [2.24, 2.45) is 0 Å². The molecule has 1 rings (SSSR count). The zero-order valence-electron chi connectivity index (χ0n) is 10.7. The van der Waals surface area contributed by atoms with Crippen LogP contribution in [0.1, 0.15) is 52.9 Å². The van der Waals surface area contributed by atoms with E-state index in [9.17, 15) is 0 Å². The number of hydrogen-bond acceptors (Lipinski definition) is 3. The van der Waals surface area contributed by atoms with Crippen LogP contribution in [0.4, 0.5) is 0 Å². The first-order valence-corrected chi connectivity index (χ1v) is 6.33. The molecule has 1 aliphatic rings. The van der Waals surface area contributed by atoms with Crippen LogP contribution < -0.4 is 10.9 Å². The fourth-order valence-corrected chi connectivity index (χ4v) is 1.72. The van der Waals surface area contributed by atoms with Crippen molar-refractivity contribution in [1.29, 1.82) is 0 Å². The van der Waals surface area contributed by atoms with E-state index >= 15 is 0 Å². The predicted molar refractivity (Wildman–Crippen MR) is 67.4 cm³/mol. The van der Waals surface area contributed by atoms with Crippen LogP contribution >= 0.6 is 0 Å². The Morgan fingerprint density at radius 3 is 2.75 bits per heavy atom. The Morgan fingerprint density at radius 2 is 2.12 bits per heavy atom. The quantitative estimate of drug-likeness (QED) is 0.651. The molecular formula is C13H24N2O. The number of hydrazine groups is 1. The van der Waals surface area contributed by atoms with Crippen molar-refractivity contribution in [2.45, 2.75) is 59.0 Å². The minimum absolute atomic E-state index is 0.331. The maximum atomic E-state index is 5.90. The third-order valence-corrected chi connectivity index (χ3v) is 2.73. The fraction of sp³-hybridized carbons (Fsp3) is 0.692. The summed E-state index contributed by atoms with van der Waals surface area (Å²) in [5.41, 5.74) is 7.17. The van der Waals surface area contributed by atoms with Gasteiger partial charge in [0.2, 0.25) is 5.88 Å². The second-order valence-corrected chi connectivity index (χ2v) is 4.31. The van der Waals surface area contributed by atoms with Gasteiger partial charge in [0.05, 0.1) is 0 Å². The summed E-state index contributed by atoms with van der Waals surface area (Å²) < 4.78 is 5.90. The molecule has 3 heteroatoms. The van der Waals surface area contributed by atoms with Crippen LogP contribution in [0.15, 0.2) is 23.7 Å². The average molecular weight is 224 g/mol. The van der Waals surface area contributed by atoms with E-state index in [4.69, 9.17) is 4.74 Å². The van der Waals surface area contributed by atoms with Crippen molar-refractivity contribution in [2.75, 3.05) is 0 Å². The number of rotatable bonds is 7. The molecule has 0 aromatic heterocycles. The van der Waals surface area contributed by atoms with Crippen LogP contribution in [0.25, 0.3) is 0 Å². The molecule has 92 valence electrons. The minimum Gasteiger partial charge on any atom is -0.475 e. The van der Waals surface area contributed by atoms with Gasteiger partial charge < -0.3 is 10.2 Å². The average Bonchev–Trinajstić information content (AvgIpc) is 2.28. The molecule has 0 spiro atoms. The summed E-state index contributed by atoms with van der Waals surface area (Å²) in [6, 6.07) is 0. The van der Waals surface area contributed by atoms with E-state index in [-0.39, 0.29) is 0 Å². The maximum Gasteiger partial charge on any atom is 0.206 e. The molecular weight excluding hydrogens is 200 g/mol. The van der Waals surface area contributed by atoms with Gasteiger partial charge in [0.15, 0.2) is 0 Å². The van der Waals surface area contributed by atoms with Gasteiger partial charge in [-0.25, -0.2) is 0 Å². The Bertz CT molecular complexity index is 259. The molecule has 0 radical (unpaired) electrons. The van der Waals surface area contributed by atoms with Crippen LogP contribution in [0.3, 0.4) is 0 Å². The Morgan fingerprint density at radius 1 is 1.31 bits per heavy atom. The predicted octanol–water partition coefficient (Wildman–Crippen LogP) is 3.21. The first-order chi connectivity index (χ1) is 7.76. The lowest BCUT2D eigenvalue weighted by Gasteiger charge is -2.22. The van der Waals surface area contributed by atoms with Gasteiger partial charge >= 0.3 is 0 Å². The minimum atomic E-state index is 0.331. The van der Waals surface area contributed by atoms with Crippen molar-refractivity contribution in [3.8, 4) is 0 Å². The summed E-state index contributed by atoms with van der Waals surface area (Å²) in [7, 11) is 0. The lowest BCUT2D eigenvalue weighted by atomic mass is 10.1. The first-order valence-electron chi connectivity index (χ1n) is 6.33. The largest absolute Gasteiger partial charge is 0.475 e. The highest BCUT2D eigenvalue weighted by Gasteiger charge is 2.10. The molecule has 0 aromatic rings. The normalized spacial score (nSPS) is 16.7. The molecule has 1 unspecified atom stereocenters. The highest BCUT2D eigenvalue weighted by atomic mass is 16.5. The fourth-order valence-electron chi connectivity index (χ4n) is 1.72. The van der Waals surface area contributed by atoms with E-state index in [0.717, 1.165) is 18.7 Å². The van der Waals surface area contributed by atoms with Gasteiger partial charge in [-0.05, 0) is 31.8 Å². The SMILES string of the molecule is CCCCCC(CC)OC1=CC(C)=CNN1. The summed E-state index contributed by atoms with van der Waals surface area (Å²) in [4.78, 5) is 0. The summed E-state index contributed by atoms with van der Waals surface area (Å²) >= 11 is 0. The van der Waals surface area contributed by atoms with Gasteiger partial charge in [0.1, 0.15) is 6.10 Å². The zero-order chi connectivity index (χ0) is 11.8. The zero-order valence-corrected chi connectivity index (χ0v) is 10.7. The third kappa shape index (κ3) is 4.60. The Balaban J connectivity index is 2.34. The van der Waals surface area contributed by atoms with Crippen molar-refractivity contribution >= 4 is 0 Å². The number of ether oxygens (including phenoxy) is 1. The number of allylic oxidation sites excluding steroid dienone is 2. The van der Waals surface area contributed by atoms with Gasteiger partial charge in [-0.3, -0.25) is 5.43 Å². The molecule has 0 aliphatic carbocycles. The molecule has 16 heavy (non-hydrogen) atoms. The topological polar surface area (TPSA) is 33.3 Å². The molecule has 0 fully saturated rings. The molecule has 1 heterocycles. The van der Waals surface area contributed by atoms with E-state index in [2.05, 4.69) is 31.6 Å². The molecule has 3 nitrogen and oxygen atoms in total. The number of nitrogens with one attached hydrogen (secondary N) is 2. The van der Waals surface area contributed by atoms with Crippen molar-refractivity contribution in [3.63, 3.8) is 0 Å². The van der Waals surface area contributed by atoms with E-state index in [1.165, 1.54) is 24.8 Å². The van der Waals surface area contributed by atoms with Crippen LogP contribution in [0.5, 0.6) is 0 Å². The van der Waals surface area contributed by atoms with E-state index in [1.807, 2.05) is 12.3 Å². The second-order valence-electron chi connectivity index (χ2n) is 4.31. The molecule has 0 aromatic carbocycles. The van der Waals surface area contributed by atoms with Crippen molar-refractivity contribution in [3.05, 3.63) is 23.7 Å². The smallest absolute Gasteiger partial charge is 0.206 e. The molecule has 1 atom stereocenters. The van der Waals surface area contributed by atoms with E-state index < -0.39 is 0 Å². The number of hydrogen-bond donors (Lipinski definition) is 2. The molecule has 0 saturated heterocycles. The third-order valence-electron chi connectivity index (χ3n) is 2.73. The van der Waals surface area contributed by atoms with E-state index in [1.54, 1.807) is 0 Å². The maximum absolute atomic E-state index is 5.90. The Labute approximate surface area is 98.9 Å². The molecule has 0 bridgehead atoms. The molecule has 0 saturated carbocycles. The molecule has 2 N–H and O–H groups in total. The van der Waals surface area contributed by atoms with Gasteiger partial charge in [-0.15, -0.1) is 0 Å². The number of unbranched alkanes of at least 4 members (excludes halogenated alkanes) is 2. The lowest BCUT2D eigenvalue weighted by molar-refractivity contribution is 0.0845. The first kappa shape index (κ1) is 12.9. The van der Waals surface area contributed by atoms with Crippen molar-refractivity contribution < 1.29 is 4.74 Å². The van der Waals surface area contributed by atoms with Crippen LogP contribution in [0.2, 0.25) is 0 Å². The summed E-state index contributed by atoms with van der Waals surface area (Å²) in [5, 5.41) is 0. The Kier molecular flexibility index (Phi) is 5.83. The van der Waals surface area contributed by atoms with Gasteiger partial charge in [-0.1, -0.05) is 26.7 Å². The van der Waals surface area contributed by atoms with Gasteiger partial charge in [0.25, 0.3) is 0 Å². The van der Waals surface area contributed by atoms with E-state index in [0.29, 0.717) is 6.10 Å². The van der Waals surface area contributed by atoms with Crippen LogP contribution in [0, 0.1) is 0 Å².